The zero-order valence-electron chi connectivity index (χ0n) is 11.9. The lowest BCUT2D eigenvalue weighted by molar-refractivity contribution is 0.0860. The molecule has 1 atom stereocenters. The summed E-state index contributed by atoms with van der Waals surface area (Å²) in [4.78, 5) is 4.80. The molecule has 1 rings (SSSR count). The van der Waals surface area contributed by atoms with Crippen LogP contribution in [0.4, 0.5) is 0 Å². The van der Waals surface area contributed by atoms with Gasteiger partial charge in [-0.15, -0.1) is 0 Å². The third-order valence-corrected chi connectivity index (χ3v) is 3.86. The number of likely N-dealkylation sites (tertiary alicyclic amines) is 1. The number of piperidine rings is 1. The summed E-state index contributed by atoms with van der Waals surface area (Å²) in [5.41, 5.74) is -0.174. The van der Waals surface area contributed by atoms with Crippen LogP contribution in [0.1, 0.15) is 26.7 Å². The molecular formula is C13H29N3O. The van der Waals surface area contributed by atoms with Crippen molar-refractivity contribution in [2.24, 2.45) is 0 Å². The molecule has 0 aromatic carbocycles. The van der Waals surface area contributed by atoms with Gasteiger partial charge in [0.15, 0.2) is 0 Å². The maximum absolute atomic E-state index is 9.51. The van der Waals surface area contributed by atoms with Crippen molar-refractivity contribution in [1.82, 2.24) is 15.1 Å². The lowest BCUT2D eigenvalue weighted by Gasteiger charge is -2.40. The second-order valence-electron chi connectivity index (χ2n) is 5.70. The Morgan fingerprint density at radius 2 is 2.00 bits per heavy atom. The molecule has 4 nitrogen and oxygen atoms in total. The first-order valence-corrected chi connectivity index (χ1v) is 6.75. The minimum atomic E-state index is -0.174. The fourth-order valence-electron chi connectivity index (χ4n) is 2.70. The fourth-order valence-corrected chi connectivity index (χ4v) is 2.70. The Labute approximate surface area is 106 Å². The Morgan fingerprint density at radius 1 is 1.41 bits per heavy atom. The van der Waals surface area contributed by atoms with Crippen molar-refractivity contribution >= 4 is 0 Å². The quantitative estimate of drug-likeness (QED) is 0.707. The minimum Gasteiger partial charge on any atom is -0.394 e. The van der Waals surface area contributed by atoms with E-state index in [-0.39, 0.29) is 12.1 Å². The highest BCUT2D eigenvalue weighted by molar-refractivity contribution is 4.88. The summed E-state index contributed by atoms with van der Waals surface area (Å²) < 4.78 is 0. The standard InChI is InChI=1S/C13H29N3O/c1-5-14-13(2,11-17)10-16(4)12-6-8-15(3)9-7-12/h12,14,17H,5-11H2,1-4H3. The van der Waals surface area contributed by atoms with Gasteiger partial charge in [-0.1, -0.05) is 6.92 Å². The monoisotopic (exact) mass is 243 g/mol. The summed E-state index contributed by atoms with van der Waals surface area (Å²) in [5.74, 6) is 0. The fraction of sp³-hybridized carbons (Fsp3) is 1.00. The van der Waals surface area contributed by atoms with Gasteiger partial charge in [0.2, 0.25) is 0 Å². The van der Waals surface area contributed by atoms with E-state index in [9.17, 15) is 5.11 Å². The van der Waals surface area contributed by atoms with E-state index in [4.69, 9.17) is 0 Å². The molecule has 1 unspecified atom stereocenters. The number of likely N-dealkylation sites (N-methyl/N-ethyl adjacent to an activating group) is 2. The van der Waals surface area contributed by atoms with Gasteiger partial charge in [-0.05, 0) is 53.5 Å². The summed E-state index contributed by atoms with van der Waals surface area (Å²) in [7, 11) is 4.37. The second-order valence-corrected chi connectivity index (χ2v) is 5.70. The summed E-state index contributed by atoms with van der Waals surface area (Å²) >= 11 is 0. The number of nitrogens with one attached hydrogen (secondary N) is 1. The first-order valence-electron chi connectivity index (χ1n) is 6.75. The zero-order valence-corrected chi connectivity index (χ0v) is 11.9. The lowest BCUT2D eigenvalue weighted by atomic mass is 9.99. The van der Waals surface area contributed by atoms with E-state index in [0.717, 1.165) is 13.1 Å². The molecule has 4 heteroatoms. The maximum atomic E-state index is 9.51. The number of rotatable bonds is 6. The topological polar surface area (TPSA) is 38.7 Å². The van der Waals surface area contributed by atoms with Gasteiger partial charge < -0.3 is 20.2 Å². The lowest BCUT2D eigenvalue weighted by Crippen LogP contribution is -2.56. The van der Waals surface area contributed by atoms with Crippen LogP contribution >= 0.6 is 0 Å². The number of aliphatic hydroxyl groups is 1. The van der Waals surface area contributed by atoms with Crippen molar-refractivity contribution in [3.63, 3.8) is 0 Å². The summed E-state index contributed by atoms with van der Waals surface area (Å²) in [6.45, 7) is 8.56. The Bertz CT molecular complexity index is 217. The van der Waals surface area contributed by atoms with Gasteiger partial charge >= 0.3 is 0 Å². The van der Waals surface area contributed by atoms with Gasteiger partial charge in [-0.2, -0.15) is 0 Å². The molecule has 0 saturated carbocycles. The Morgan fingerprint density at radius 3 is 2.47 bits per heavy atom. The predicted octanol–water partition coefficient (Wildman–Crippen LogP) is 0.373. The van der Waals surface area contributed by atoms with Gasteiger partial charge in [-0.25, -0.2) is 0 Å². The zero-order chi connectivity index (χ0) is 12.9. The van der Waals surface area contributed by atoms with Gasteiger partial charge in [0.25, 0.3) is 0 Å². The highest BCUT2D eigenvalue weighted by Gasteiger charge is 2.28. The van der Waals surface area contributed by atoms with Crippen molar-refractivity contribution < 1.29 is 5.11 Å². The predicted molar refractivity (Wildman–Crippen MR) is 72.3 cm³/mol. The molecule has 0 radical (unpaired) electrons. The van der Waals surface area contributed by atoms with Gasteiger partial charge in [0, 0.05) is 12.6 Å². The number of aliphatic hydroxyl groups excluding tert-OH is 1. The van der Waals surface area contributed by atoms with E-state index in [1.54, 1.807) is 0 Å². The summed E-state index contributed by atoms with van der Waals surface area (Å²) in [5, 5.41) is 12.9. The van der Waals surface area contributed by atoms with Crippen LogP contribution in [-0.2, 0) is 0 Å². The van der Waals surface area contributed by atoms with Crippen molar-refractivity contribution in [2.45, 2.75) is 38.3 Å². The van der Waals surface area contributed by atoms with Crippen LogP contribution in [0.5, 0.6) is 0 Å². The Hall–Kier alpha value is -0.160. The van der Waals surface area contributed by atoms with Crippen LogP contribution in [0.2, 0.25) is 0 Å². The molecule has 1 saturated heterocycles. The third kappa shape index (κ3) is 4.54. The van der Waals surface area contributed by atoms with Crippen LogP contribution in [0.15, 0.2) is 0 Å². The summed E-state index contributed by atoms with van der Waals surface area (Å²) in [6, 6.07) is 0.663. The Balaban J connectivity index is 2.44. The van der Waals surface area contributed by atoms with E-state index in [0.29, 0.717) is 6.04 Å². The molecule has 102 valence electrons. The molecule has 0 aromatic heterocycles. The van der Waals surface area contributed by atoms with Crippen molar-refractivity contribution in [3.8, 4) is 0 Å². The van der Waals surface area contributed by atoms with Crippen LogP contribution in [-0.4, -0.2) is 73.4 Å². The SMILES string of the molecule is CCNC(C)(CO)CN(C)C1CCN(C)CC1. The van der Waals surface area contributed by atoms with E-state index in [2.05, 4.69) is 43.1 Å². The third-order valence-electron chi connectivity index (χ3n) is 3.86. The molecule has 1 heterocycles. The average Bonchev–Trinajstić information content (AvgIpc) is 2.30. The molecule has 0 amide bonds. The van der Waals surface area contributed by atoms with E-state index in [1.807, 2.05) is 0 Å². The van der Waals surface area contributed by atoms with Crippen LogP contribution in [0.25, 0.3) is 0 Å². The first kappa shape index (κ1) is 14.9. The van der Waals surface area contributed by atoms with E-state index < -0.39 is 0 Å². The normalized spacial score (nSPS) is 22.9. The van der Waals surface area contributed by atoms with Crippen molar-refractivity contribution in [3.05, 3.63) is 0 Å². The molecule has 1 aliphatic heterocycles. The Kier molecular flexibility index (Phi) is 5.86. The van der Waals surface area contributed by atoms with E-state index >= 15 is 0 Å². The molecular weight excluding hydrogens is 214 g/mol. The number of nitrogens with zero attached hydrogens (tertiary/aromatic N) is 2. The molecule has 1 fully saturated rings. The molecule has 0 bridgehead atoms. The highest BCUT2D eigenvalue weighted by atomic mass is 16.3. The highest BCUT2D eigenvalue weighted by Crippen LogP contribution is 2.16. The molecule has 0 aromatic rings. The second kappa shape index (κ2) is 6.69. The van der Waals surface area contributed by atoms with Crippen molar-refractivity contribution in [1.29, 1.82) is 0 Å². The first-order chi connectivity index (χ1) is 8.00. The van der Waals surface area contributed by atoms with Gasteiger partial charge in [0.05, 0.1) is 12.1 Å². The maximum Gasteiger partial charge on any atom is 0.0623 e. The van der Waals surface area contributed by atoms with Crippen molar-refractivity contribution in [2.75, 3.05) is 46.9 Å². The van der Waals surface area contributed by atoms with Gasteiger partial charge in [-0.3, -0.25) is 0 Å². The molecule has 0 aliphatic carbocycles. The van der Waals surface area contributed by atoms with Crippen LogP contribution in [0.3, 0.4) is 0 Å². The van der Waals surface area contributed by atoms with Gasteiger partial charge in [0.1, 0.15) is 0 Å². The smallest absolute Gasteiger partial charge is 0.0623 e. The molecule has 2 N–H and O–H groups in total. The molecule has 1 aliphatic rings. The molecule has 17 heavy (non-hydrogen) atoms. The van der Waals surface area contributed by atoms with E-state index in [1.165, 1.54) is 25.9 Å². The number of hydrogen-bond acceptors (Lipinski definition) is 4. The molecule has 0 spiro atoms. The average molecular weight is 243 g/mol. The number of hydrogen-bond donors (Lipinski definition) is 2. The summed E-state index contributed by atoms with van der Waals surface area (Å²) in [6.07, 6.45) is 2.47. The minimum absolute atomic E-state index is 0.174. The van der Waals surface area contributed by atoms with Crippen LogP contribution in [0, 0.1) is 0 Å². The largest absolute Gasteiger partial charge is 0.394 e. The van der Waals surface area contributed by atoms with Crippen LogP contribution < -0.4 is 5.32 Å².